The molecule has 164 valence electrons. The average molecular weight is 422 g/mol. The van der Waals surface area contributed by atoms with Crippen LogP contribution in [-0.4, -0.2) is 33.4 Å². The van der Waals surface area contributed by atoms with Crippen LogP contribution in [0.1, 0.15) is 68.1 Å². The molecule has 1 amide bonds. The molecule has 2 fully saturated rings. The maximum atomic E-state index is 12.9. The van der Waals surface area contributed by atoms with Crippen molar-refractivity contribution in [2.75, 3.05) is 5.32 Å². The largest absolute Gasteiger partial charge is 0.463 e. The second-order valence-electron chi connectivity index (χ2n) is 8.99. The van der Waals surface area contributed by atoms with E-state index >= 15 is 0 Å². The molecule has 0 aromatic carbocycles. The van der Waals surface area contributed by atoms with E-state index in [0.29, 0.717) is 11.6 Å². The van der Waals surface area contributed by atoms with E-state index in [1.165, 1.54) is 19.3 Å². The van der Waals surface area contributed by atoms with Crippen LogP contribution in [0.4, 0.5) is 5.82 Å². The molecule has 7 heteroatoms. The molecular weight excluding hydrogens is 390 g/mol. The van der Waals surface area contributed by atoms with Gasteiger partial charge in [-0.05, 0) is 62.8 Å². The number of furan rings is 1. The topological polar surface area (TPSA) is 97.6 Å². The highest BCUT2D eigenvalue weighted by Gasteiger charge is 2.23. The van der Waals surface area contributed by atoms with Crippen LogP contribution in [0.2, 0.25) is 0 Å². The number of amides is 1. The van der Waals surface area contributed by atoms with Crippen LogP contribution in [0.5, 0.6) is 0 Å². The van der Waals surface area contributed by atoms with Crippen LogP contribution < -0.4 is 16.4 Å². The lowest BCUT2D eigenvalue weighted by molar-refractivity contribution is 0.0926. The summed E-state index contributed by atoms with van der Waals surface area (Å²) < 4.78 is 7.69. The van der Waals surface area contributed by atoms with Gasteiger partial charge in [-0.25, -0.2) is 4.98 Å². The number of aromatic nitrogens is 2. The first-order chi connectivity index (χ1) is 15.2. The molecule has 5 rings (SSSR count). The number of imidazole rings is 1. The van der Waals surface area contributed by atoms with Gasteiger partial charge in [0.05, 0.1) is 6.26 Å². The zero-order valence-electron chi connectivity index (χ0n) is 17.8. The van der Waals surface area contributed by atoms with E-state index in [1.54, 1.807) is 6.26 Å². The SMILES string of the molecule is NC1CCC(NC(=O)c2ccn3c(NC4CCCCC4)c(-c4ccco4)nc3c2)CC1. The summed E-state index contributed by atoms with van der Waals surface area (Å²) in [6, 6.07) is 8.44. The van der Waals surface area contributed by atoms with Crippen LogP contribution in [0.15, 0.2) is 41.1 Å². The van der Waals surface area contributed by atoms with Crippen molar-refractivity contribution in [3.63, 3.8) is 0 Å². The molecule has 3 aromatic heterocycles. The first-order valence-corrected chi connectivity index (χ1v) is 11.6. The summed E-state index contributed by atoms with van der Waals surface area (Å²) in [5, 5.41) is 6.88. The second-order valence-corrected chi connectivity index (χ2v) is 8.99. The maximum absolute atomic E-state index is 12.9. The molecule has 0 radical (unpaired) electrons. The molecular formula is C24H31N5O2. The lowest BCUT2D eigenvalue weighted by Gasteiger charge is -2.26. The fraction of sp³-hybridized carbons (Fsp3) is 0.500. The minimum Gasteiger partial charge on any atom is -0.463 e. The average Bonchev–Trinajstić information content (AvgIpc) is 3.44. The predicted octanol–water partition coefficient (Wildman–Crippen LogP) is 4.34. The quantitative estimate of drug-likeness (QED) is 0.569. The molecule has 0 bridgehead atoms. The summed E-state index contributed by atoms with van der Waals surface area (Å²) in [6.07, 6.45) is 13.5. The van der Waals surface area contributed by atoms with Crippen molar-refractivity contribution < 1.29 is 9.21 Å². The Morgan fingerprint density at radius 1 is 1.06 bits per heavy atom. The van der Waals surface area contributed by atoms with Crippen molar-refractivity contribution in [1.29, 1.82) is 0 Å². The molecule has 2 saturated carbocycles. The fourth-order valence-electron chi connectivity index (χ4n) is 4.88. The molecule has 3 aromatic rings. The van der Waals surface area contributed by atoms with Crippen LogP contribution in [0.3, 0.4) is 0 Å². The molecule has 0 saturated heterocycles. The summed E-state index contributed by atoms with van der Waals surface area (Å²) in [5.41, 5.74) is 8.14. The number of rotatable bonds is 5. The Kier molecular flexibility index (Phi) is 5.68. The van der Waals surface area contributed by atoms with Gasteiger partial charge in [0.1, 0.15) is 17.2 Å². The number of nitrogens with one attached hydrogen (secondary N) is 2. The van der Waals surface area contributed by atoms with E-state index in [4.69, 9.17) is 15.1 Å². The number of anilines is 1. The van der Waals surface area contributed by atoms with E-state index in [-0.39, 0.29) is 18.0 Å². The first-order valence-electron chi connectivity index (χ1n) is 11.6. The van der Waals surface area contributed by atoms with Crippen molar-refractivity contribution in [1.82, 2.24) is 14.7 Å². The van der Waals surface area contributed by atoms with E-state index in [1.807, 2.05) is 34.9 Å². The van der Waals surface area contributed by atoms with Gasteiger partial charge in [-0.15, -0.1) is 0 Å². The Bertz CT molecular complexity index is 1030. The van der Waals surface area contributed by atoms with Gasteiger partial charge in [0.25, 0.3) is 5.91 Å². The molecule has 0 aliphatic heterocycles. The number of hydrogen-bond donors (Lipinski definition) is 3. The zero-order chi connectivity index (χ0) is 21.2. The highest BCUT2D eigenvalue weighted by molar-refractivity contribution is 5.95. The summed E-state index contributed by atoms with van der Waals surface area (Å²) in [7, 11) is 0. The highest BCUT2D eigenvalue weighted by atomic mass is 16.3. The molecule has 7 nitrogen and oxygen atoms in total. The number of nitrogens with zero attached hydrogens (tertiary/aromatic N) is 2. The lowest BCUT2D eigenvalue weighted by atomic mass is 9.91. The molecule has 0 atom stereocenters. The lowest BCUT2D eigenvalue weighted by Crippen LogP contribution is -2.40. The van der Waals surface area contributed by atoms with E-state index in [9.17, 15) is 4.79 Å². The Labute approximate surface area is 182 Å². The third-order valence-corrected chi connectivity index (χ3v) is 6.70. The summed E-state index contributed by atoms with van der Waals surface area (Å²) >= 11 is 0. The predicted molar refractivity (Wildman–Crippen MR) is 121 cm³/mol. The van der Waals surface area contributed by atoms with Crippen molar-refractivity contribution in [2.24, 2.45) is 5.73 Å². The fourth-order valence-corrected chi connectivity index (χ4v) is 4.88. The molecule has 4 N–H and O–H groups in total. The second kappa shape index (κ2) is 8.75. The number of nitrogens with two attached hydrogens (primary N) is 1. The highest BCUT2D eigenvalue weighted by Crippen LogP contribution is 2.32. The molecule has 2 aliphatic carbocycles. The number of carbonyl (C=O) groups is 1. The molecule has 31 heavy (non-hydrogen) atoms. The molecule has 3 heterocycles. The first kappa shape index (κ1) is 20.1. The summed E-state index contributed by atoms with van der Waals surface area (Å²) in [4.78, 5) is 17.7. The van der Waals surface area contributed by atoms with Gasteiger partial charge in [-0.3, -0.25) is 9.20 Å². The minimum absolute atomic E-state index is 0.0488. The Morgan fingerprint density at radius 2 is 1.87 bits per heavy atom. The summed E-state index contributed by atoms with van der Waals surface area (Å²) in [5.74, 6) is 1.61. The molecule has 0 unspecified atom stereocenters. The van der Waals surface area contributed by atoms with Crippen molar-refractivity contribution >= 4 is 17.4 Å². The van der Waals surface area contributed by atoms with Gasteiger partial charge in [0.2, 0.25) is 0 Å². The van der Waals surface area contributed by atoms with E-state index in [0.717, 1.165) is 61.4 Å². The number of hydrogen-bond acceptors (Lipinski definition) is 5. The van der Waals surface area contributed by atoms with Gasteiger partial charge in [-0.2, -0.15) is 0 Å². The van der Waals surface area contributed by atoms with Gasteiger partial charge in [0, 0.05) is 29.9 Å². The van der Waals surface area contributed by atoms with Gasteiger partial charge in [-0.1, -0.05) is 19.3 Å². The van der Waals surface area contributed by atoms with Gasteiger partial charge < -0.3 is 20.8 Å². The van der Waals surface area contributed by atoms with Crippen LogP contribution in [-0.2, 0) is 0 Å². The van der Waals surface area contributed by atoms with Crippen LogP contribution >= 0.6 is 0 Å². The van der Waals surface area contributed by atoms with Crippen molar-refractivity contribution in [3.05, 3.63) is 42.3 Å². The third kappa shape index (κ3) is 4.32. The van der Waals surface area contributed by atoms with E-state index in [2.05, 4.69) is 10.6 Å². The van der Waals surface area contributed by atoms with Gasteiger partial charge >= 0.3 is 0 Å². The van der Waals surface area contributed by atoms with E-state index < -0.39 is 0 Å². The van der Waals surface area contributed by atoms with Gasteiger partial charge in [0.15, 0.2) is 5.76 Å². The normalized spacial score (nSPS) is 22.5. The molecule has 0 spiro atoms. The Balaban J connectivity index is 1.42. The smallest absolute Gasteiger partial charge is 0.251 e. The number of fused-ring (bicyclic) bond motifs is 1. The van der Waals surface area contributed by atoms with Crippen molar-refractivity contribution in [2.45, 2.75) is 75.9 Å². The Hall–Kier alpha value is -2.80. The summed E-state index contributed by atoms with van der Waals surface area (Å²) in [6.45, 7) is 0. The van der Waals surface area contributed by atoms with Crippen LogP contribution in [0.25, 0.3) is 17.1 Å². The molecule has 2 aliphatic rings. The minimum atomic E-state index is -0.0488. The Morgan fingerprint density at radius 3 is 2.61 bits per heavy atom. The maximum Gasteiger partial charge on any atom is 0.251 e. The number of pyridine rings is 1. The van der Waals surface area contributed by atoms with Crippen molar-refractivity contribution in [3.8, 4) is 11.5 Å². The third-order valence-electron chi connectivity index (χ3n) is 6.70. The zero-order valence-corrected chi connectivity index (χ0v) is 17.8. The van der Waals surface area contributed by atoms with Crippen LogP contribution in [0, 0.1) is 0 Å². The standard InChI is InChI=1S/C24H31N5O2/c25-17-8-10-19(11-9-17)27-24(30)16-12-13-29-21(15-16)28-22(20-7-4-14-31-20)23(29)26-18-5-2-1-3-6-18/h4,7,12-15,17-19,26H,1-3,5-6,8-11,25H2,(H,27,30). The number of carbonyl (C=O) groups excluding carboxylic acids is 1. The monoisotopic (exact) mass is 421 g/mol.